The summed E-state index contributed by atoms with van der Waals surface area (Å²) in [6.07, 6.45) is -2.79. The van der Waals surface area contributed by atoms with E-state index in [2.05, 4.69) is 10.4 Å². The van der Waals surface area contributed by atoms with Crippen LogP contribution in [0.5, 0.6) is 11.5 Å². The molecule has 3 aromatic rings. The summed E-state index contributed by atoms with van der Waals surface area (Å²) in [5.74, 6) is -1.58. The third kappa shape index (κ3) is 5.94. The summed E-state index contributed by atoms with van der Waals surface area (Å²) in [5, 5.41) is 16.0. The molecule has 7 nitrogen and oxygen atoms in total. The second-order valence-electron chi connectivity index (χ2n) is 8.58. The average molecular weight is 475 g/mol. The molecule has 1 aromatic heterocycles. The fourth-order valence-corrected chi connectivity index (χ4v) is 3.21. The summed E-state index contributed by atoms with van der Waals surface area (Å²) in [6, 6.07) is 10.7. The predicted molar refractivity (Wildman–Crippen MR) is 118 cm³/mol. The number of rotatable bonds is 7. The Labute approximate surface area is 194 Å². The largest absolute Gasteiger partial charge is 0.478 e. The standard InChI is InChI=1S/C24H24F3N3O4/c1-23(2,3)30-20(21(31)28-12-11-15-7-9-16(10-8-15)22(32)33)19(14-29-30)34-18-6-4-5-17(13-18)24(25,26)27/h4-10,13-14H,11-12H2,1-3H3,(H,28,31)(H,32,33). The van der Waals surface area contributed by atoms with Crippen LogP contribution in [0.2, 0.25) is 0 Å². The van der Waals surface area contributed by atoms with E-state index in [-0.39, 0.29) is 29.3 Å². The van der Waals surface area contributed by atoms with Crippen molar-refractivity contribution in [3.63, 3.8) is 0 Å². The van der Waals surface area contributed by atoms with Crippen LogP contribution < -0.4 is 10.1 Å². The number of aromatic carboxylic acids is 1. The molecule has 0 spiro atoms. The molecule has 2 N–H and O–H groups in total. The Bertz CT molecular complexity index is 1180. The average Bonchev–Trinajstić information content (AvgIpc) is 3.18. The van der Waals surface area contributed by atoms with Gasteiger partial charge in [0.1, 0.15) is 5.75 Å². The van der Waals surface area contributed by atoms with Crippen LogP contribution in [0.25, 0.3) is 0 Å². The Morgan fingerprint density at radius 1 is 1.09 bits per heavy atom. The predicted octanol–water partition coefficient (Wildman–Crippen LogP) is 5.12. The molecule has 0 radical (unpaired) electrons. The Morgan fingerprint density at radius 3 is 2.35 bits per heavy atom. The maximum Gasteiger partial charge on any atom is 0.416 e. The first-order valence-corrected chi connectivity index (χ1v) is 10.4. The van der Waals surface area contributed by atoms with Crippen LogP contribution in [0, 0.1) is 0 Å². The van der Waals surface area contributed by atoms with E-state index in [0.717, 1.165) is 17.7 Å². The van der Waals surface area contributed by atoms with Gasteiger partial charge < -0.3 is 15.2 Å². The van der Waals surface area contributed by atoms with Crippen LogP contribution in [-0.4, -0.2) is 33.3 Å². The highest BCUT2D eigenvalue weighted by molar-refractivity contribution is 5.95. The number of amides is 1. The number of hydrogen-bond acceptors (Lipinski definition) is 4. The summed E-state index contributed by atoms with van der Waals surface area (Å²) < 4.78 is 46.2. The van der Waals surface area contributed by atoms with Crippen LogP contribution in [0.1, 0.15) is 52.7 Å². The van der Waals surface area contributed by atoms with Crippen molar-refractivity contribution in [2.75, 3.05) is 6.54 Å². The highest BCUT2D eigenvalue weighted by atomic mass is 19.4. The molecule has 0 saturated carbocycles. The molecule has 1 heterocycles. The molecule has 10 heteroatoms. The van der Waals surface area contributed by atoms with Gasteiger partial charge in [-0.1, -0.05) is 18.2 Å². The van der Waals surface area contributed by atoms with Gasteiger partial charge >= 0.3 is 12.1 Å². The molecule has 0 saturated heterocycles. The normalized spacial score (nSPS) is 11.8. The number of carbonyl (C=O) groups is 2. The molecular formula is C24H24F3N3O4. The number of benzene rings is 2. The summed E-state index contributed by atoms with van der Waals surface area (Å²) >= 11 is 0. The Hall–Kier alpha value is -3.82. The van der Waals surface area contributed by atoms with Crippen LogP contribution >= 0.6 is 0 Å². The first kappa shape index (κ1) is 24.8. The van der Waals surface area contributed by atoms with E-state index >= 15 is 0 Å². The summed E-state index contributed by atoms with van der Waals surface area (Å²) in [4.78, 5) is 24.0. The molecule has 0 unspecified atom stereocenters. The number of halogens is 3. The van der Waals surface area contributed by atoms with Crippen LogP contribution in [-0.2, 0) is 18.1 Å². The Balaban J connectivity index is 1.78. The lowest BCUT2D eigenvalue weighted by molar-refractivity contribution is -0.137. The van der Waals surface area contributed by atoms with Gasteiger partial charge in [0.2, 0.25) is 0 Å². The molecule has 0 bridgehead atoms. The molecule has 0 aliphatic heterocycles. The Morgan fingerprint density at radius 2 is 1.76 bits per heavy atom. The first-order valence-electron chi connectivity index (χ1n) is 10.4. The molecule has 1 amide bonds. The fraction of sp³-hybridized carbons (Fsp3) is 0.292. The van der Waals surface area contributed by atoms with Crippen molar-refractivity contribution in [3.8, 4) is 11.5 Å². The number of ether oxygens (including phenoxy) is 1. The van der Waals surface area contributed by atoms with Gasteiger partial charge in [0.15, 0.2) is 11.4 Å². The number of hydrogen-bond donors (Lipinski definition) is 2. The van der Waals surface area contributed by atoms with Crippen LogP contribution in [0.4, 0.5) is 13.2 Å². The quantitative estimate of drug-likeness (QED) is 0.495. The molecule has 3 rings (SSSR count). The lowest BCUT2D eigenvalue weighted by Crippen LogP contribution is -2.33. The maximum atomic E-state index is 13.1. The van der Waals surface area contributed by atoms with Crippen LogP contribution in [0.3, 0.4) is 0 Å². The van der Waals surface area contributed by atoms with E-state index < -0.39 is 29.2 Å². The SMILES string of the molecule is CC(C)(C)n1ncc(Oc2cccc(C(F)(F)F)c2)c1C(=O)NCCc1ccc(C(=O)O)cc1. The zero-order valence-corrected chi connectivity index (χ0v) is 18.8. The van der Waals surface area contributed by atoms with E-state index in [1.807, 2.05) is 20.8 Å². The molecule has 2 aromatic carbocycles. The molecular weight excluding hydrogens is 451 g/mol. The lowest BCUT2D eigenvalue weighted by atomic mass is 10.1. The van der Waals surface area contributed by atoms with Gasteiger partial charge in [-0.3, -0.25) is 9.48 Å². The third-order valence-corrected chi connectivity index (χ3v) is 4.88. The van der Waals surface area contributed by atoms with Crippen molar-refractivity contribution in [1.82, 2.24) is 15.1 Å². The molecule has 34 heavy (non-hydrogen) atoms. The van der Waals surface area contributed by atoms with E-state index in [9.17, 15) is 22.8 Å². The summed E-state index contributed by atoms with van der Waals surface area (Å²) in [6.45, 7) is 5.72. The second kappa shape index (κ2) is 9.58. The Kier molecular flexibility index (Phi) is 6.99. The van der Waals surface area contributed by atoms with Crippen molar-refractivity contribution in [2.45, 2.75) is 38.9 Å². The van der Waals surface area contributed by atoms with Gasteiger partial charge in [-0.05, 0) is 63.1 Å². The number of aromatic nitrogens is 2. The minimum absolute atomic E-state index is 0.0255. The smallest absolute Gasteiger partial charge is 0.416 e. The number of nitrogens with one attached hydrogen (secondary N) is 1. The van der Waals surface area contributed by atoms with Crippen molar-refractivity contribution >= 4 is 11.9 Å². The second-order valence-corrected chi connectivity index (χ2v) is 8.58. The minimum atomic E-state index is -4.53. The number of alkyl halides is 3. The van der Waals surface area contributed by atoms with E-state index in [1.165, 1.54) is 35.1 Å². The highest BCUT2D eigenvalue weighted by Gasteiger charge is 2.31. The molecule has 0 fully saturated rings. The maximum absolute atomic E-state index is 13.1. The van der Waals surface area contributed by atoms with Crippen molar-refractivity contribution in [1.29, 1.82) is 0 Å². The monoisotopic (exact) mass is 475 g/mol. The number of carbonyl (C=O) groups excluding carboxylic acids is 1. The van der Waals surface area contributed by atoms with Gasteiger partial charge in [0.25, 0.3) is 5.91 Å². The zero-order chi connectivity index (χ0) is 25.1. The zero-order valence-electron chi connectivity index (χ0n) is 18.8. The molecule has 0 atom stereocenters. The minimum Gasteiger partial charge on any atom is -0.478 e. The number of carboxylic acids is 1. The summed E-state index contributed by atoms with van der Waals surface area (Å²) in [5.41, 5.74) is -0.401. The topological polar surface area (TPSA) is 93.5 Å². The molecule has 0 aliphatic rings. The van der Waals surface area contributed by atoms with Gasteiger partial charge in [0.05, 0.1) is 22.9 Å². The number of nitrogens with zero attached hydrogens (tertiary/aromatic N) is 2. The van der Waals surface area contributed by atoms with Gasteiger partial charge in [-0.15, -0.1) is 0 Å². The third-order valence-electron chi connectivity index (χ3n) is 4.88. The summed E-state index contributed by atoms with van der Waals surface area (Å²) in [7, 11) is 0. The highest BCUT2D eigenvalue weighted by Crippen LogP contribution is 2.34. The molecule has 180 valence electrons. The first-order chi connectivity index (χ1) is 15.9. The van der Waals surface area contributed by atoms with Crippen molar-refractivity contribution in [3.05, 3.63) is 77.1 Å². The van der Waals surface area contributed by atoms with Crippen molar-refractivity contribution < 1.29 is 32.6 Å². The van der Waals surface area contributed by atoms with E-state index in [0.29, 0.717) is 6.42 Å². The van der Waals surface area contributed by atoms with Gasteiger partial charge in [-0.25, -0.2) is 4.79 Å². The van der Waals surface area contributed by atoms with Crippen LogP contribution in [0.15, 0.2) is 54.7 Å². The van der Waals surface area contributed by atoms with E-state index in [4.69, 9.17) is 9.84 Å². The van der Waals surface area contributed by atoms with Gasteiger partial charge in [0, 0.05) is 6.54 Å². The van der Waals surface area contributed by atoms with Gasteiger partial charge in [-0.2, -0.15) is 18.3 Å². The van der Waals surface area contributed by atoms with E-state index in [1.54, 1.807) is 12.1 Å². The lowest BCUT2D eigenvalue weighted by Gasteiger charge is -2.22. The molecule has 0 aliphatic carbocycles. The number of carboxylic acid groups (broad SMARTS) is 1. The fourth-order valence-electron chi connectivity index (χ4n) is 3.21. The van der Waals surface area contributed by atoms with Crippen molar-refractivity contribution in [2.24, 2.45) is 0 Å².